The summed E-state index contributed by atoms with van der Waals surface area (Å²) in [6.45, 7) is 1.32. The van der Waals surface area contributed by atoms with E-state index in [4.69, 9.17) is 0 Å². The minimum Gasteiger partial charge on any atom is -0.395 e. The number of hydrogen-bond donors (Lipinski definition) is 3. The van der Waals surface area contributed by atoms with Crippen LogP contribution in [-0.2, 0) is 0 Å². The molecule has 1 saturated heterocycles. The van der Waals surface area contributed by atoms with Crippen molar-refractivity contribution in [3.8, 4) is 0 Å². The second-order valence-electron chi connectivity index (χ2n) is 4.76. The summed E-state index contributed by atoms with van der Waals surface area (Å²) in [7, 11) is 0. The van der Waals surface area contributed by atoms with Crippen LogP contribution in [0, 0.1) is 11.8 Å². The lowest BCUT2D eigenvalue weighted by Crippen LogP contribution is -2.36. The Morgan fingerprint density at radius 2 is 1.79 bits per heavy atom. The Morgan fingerprint density at radius 3 is 2.43 bits per heavy atom. The summed E-state index contributed by atoms with van der Waals surface area (Å²) in [5.41, 5.74) is 0. The summed E-state index contributed by atoms with van der Waals surface area (Å²) in [6.07, 6.45) is 5.34. The standard InChI is InChI=1S/C11H21NO2/c13-7-11-10(5-6-12-11)8-1-3-9(14)4-2-8/h8-14H,1-7H2. The molecule has 1 saturated carbocycles. The Kier molecular flexibility index (Phi) is 3.42. The molecular weight excluding hydrogens is 178 g/mol. The first-order valence-electron chi connectivity index (χ1n) is 5.83. The van der Waals surface area contributed by atoms with Crippen LogP contribution in [0.2, 0.25) is 0 Å². The summed E-state index contributed by atoms with van der Waals surface area (Å²) in [6, 6.07) is 0.315. The van der Waals surface area contributed by atoms with E-state index in [9.17, 15) is 10.2 Å². The number of hydrogen-bond acceptors (Lipinski definition) is 3. The number of aliphatic hydroxyl groups excluding tert-OH is 2. The zero-order valence-corrected chi connectivity index (χ0v) is 8.65. The van der Waals surface area contributed by atoms with Crippen molar-refractivity contribution in [1.82, 2.24) is 5.32 Å². The summed E-state index contributed by atoms with van der Waals surface area (Å²) in [5.74, 6) is 1.37. The predicted molar refractivity (Wildman–Crippen MR) is 54.9 cm³/mol. The lowest BCUT2D eigenvalue weighted by Gasteiger charge is -2.32. The quantitative estimate of drug-likeness (QED) is 0.607. The van der Waals surface area contributed by atoms with Crippen LogP contribution in [0.15, 0.2) is 0 Å². The molecule has 3 N–H and O–H groups in total. The van der Waals surface area contributed by atoms with E-state index in [1.165, 1.54) is 6.42 Å². The molecule has 2 fully saturated rings. The number of rotatable bonds is 2. The fourth-order valence-corrected chi connectivity index (χ4v) is 3.08. The molecule has 82 valence electrons. The molecular formula is C11H21NO2. The van der Waals surface area contributed by atoms with Crippen LogP contribution in [0.4, 0.5) is 0 Å². The Morgan fingerprint density at radius 1 is 1.07 bits per heavy atom. The van der Waals surface area contributed by atoms with Crippen molar-refractivity contribution in [3.05, 3.63) is 0 Å². The van der Waals surface area contributed by atoms with Crippen LogP contribution in [0.25, 0.3) is 0 Å². The van der Waals surface area contributed by atoms with Gasteiger partial charge in [-0.15, -0.1) is 0 Å². The lowest BCUT2D eigenvalue weighted by atomic mass is 9.76. The molecule has 0 spiro atoms. The molecule has 1 heterocycles. The highest BCUT2D eigenvalue weighted by atomic mass is 16.3. The first kappa shape index (κ1) is 10.4. The van der Waals surface area contributed by atoms with E-state index in [-0.39, 0.29) is 12.7 Å². The van der Waals surface area contributed by atoms with Gasteiger partial charge in [-0.3, -0.25) is 0 Å². The van der Waals surface area contributed by atoms with Gasteiger partial charge in [0, 0.05) is 6.04 Å². The van der Waals surface area contributed by atoms with E-state index in [2.05, 4.69) is 5.32 Å². The van der Waals surface area contributed by atoms with Crippen molar-refractivity contribution < 1.29 is 10.2 Å². The number of aliphatic hydroxyl groups is 2. The molecule has 0 bridgehead atoms. The normalized spacial score (nSPS) is 44.1. The second kappa shape index (κ2) is 4.60. The van der Waals surface area contributed by atoms with Crippen LogP contribution in [0.3, 0.4) is 0 Å². The van der Waals surface area contributed by atoms with E-state index in [1.807, 2.05) is 0 Å². The zero-order valence-electron chi connectivity index (χ0n) is 8.65. The first-order valence-corrected chi connectivity index (χ1v) is 5.83. The van der Waals surface area contributed by atoms with Crippen molar-refractivity contribution in [2.45, 2.75) is 44.2 Å². The molecule has 0 aromatic rings. The molecule has 2 atom stereocenters. The molecule has 2 rings (SSSR count). The Labute approximate surface area is 85.5 Å². The third kappa shape index (κ3) is 2.10. The smallest absolute Gasteiger partial charge is 0.0587 e. The van der Waals surface area contributed by atoms with E-state index in [1.54, 1.807) is 0 Å². The topological polar surface area (TPSA) is 52.5 Å². The van der Waals surface area contributed by atoms with Gasteiger partial charge in [0.15, 0.2) is 0 Å². The van der Waals surface area contributed by atoms with Gasteiger partial charge in [0.25, 0.3) is 0 Å². The van der Waals surface area contributed by atoms with Gasteiger partial charge in [-0.05, 0) is 50.5 Å². The van der Waals surface area contributed by atoms with Crippen molar-refractivity contribution in [1.29, 1.82) is 0 Å². The molecule has 0 aromatic heterocycles. The molecule has 14 heavy (non-hydrogen) atoms. The van der Waals surface area contributed by atoms with Crippen molar-refractivity contribution >= 4 is 0 Å². The highest BCUT2D eigenvalue weighted by Crippen LogP contribution is 2.35. The SMILES string of the molecule is OCC1NCCC1C1CCC(O)CC1. The average molecular weight is 199 g/mol. The maximum Gasteiger partial charge on any atom is 0.0587 e. The monoisotopic (exact) mass is 199 g/mol. The average Bonchev–Trinajstić information content (AvgIpc) is 2.67. The summed E-state index contributed by atoms with van der Waals surface area (Å²) >= 11 is 0. The van der Waals surface area contributed by atoms with Gasteiger partial charge in [0.2, 0.25) is 0 Å². The highest BCUT2D eigenvalue weighted by molar-refractivity contribution is 4.89. The van der Waals surface area contributed by atoms with Gasteiger partial charge < -0.3 is 15.5 Å². The fourth-order valence-electron chi connectivity index (χ4n) is 3.08. The van der Waals surface area contributed by atoms with Gasteiger partial charge in [0.1, 0.15) is 0 Å². The molecule has 3 heteroatoms. The molecule has 0 amide bonds. The van der Waals surface area contributed by atoms with Crippen molar-refractivity contribution in [3.63, 3.8) is 0 Å². The minimum absolute atomic E-state index is 0.0619. The highest BCUT2D eigenvalue weighted by Gasteiger charge is 2.34. The Bertz CT molecular complexity index is 178. The summed E-state index contributed by atoms with van der Waals surface area (Å²) in [5, 5.41) is 22.0. The van der Waals surface area contributed by atoms with Gasteiger partial charge in [-0.1, -0.05) is 0 Å². The summed E-state index contributed by atoms with van der Waals surface area (Å²) in [4.78, 5) is 0. The third-order valence-electron chi connectivity index (χ3n) is 3.94. The van der Waals surface area contributed by atoms with Gasteiger partial charge >= 0.3 is 0 Å². The maximum absolute atomic E-state index is 9.43. The molecule has 1 aliphatic carbocycles. The molecule has 0 radical (unpaired) electrons. The minimum atomic E-state index is -0.0619. The van der Waals surface area contributed by atoms with E-state index in [0.29, 0.717) is 12.0 Å². The second-order valence-corrected chi connectivity index (χ2v) is 4.76. The van der Waals surface area contributed by atoms with Crippen LogP contribution in [0.1, 0.15) is 32.1 Å². The van der Waals surface area contributed by atoms with E-state index in [0.717, 1.165) is 38.1 Å². The van der Waals surface area contributed by atoms with Crippen LogP contribution < -0.4 is 5.32 Å². The van der Waals surface area contributed by atoms with Crippen molar-refractivity contribution in [2.24, 2.45) is 11.8 Å². The largest absolute Gasteiger partial charge is 0.395 e. The number of nitrogens with one attached hydrogen (secondary N) is 1. The van der Waals surface area contributed by atoms with Gasteiger partial charge in [0.05, 0.1) is 12.7 Å². The van der Waals surface area contributed by atoms with Crippen LogP contribution in [0.5, 0.6) is 0 Å². The van der Waals surface area contributed by atoms with Gasteiger partial charge in [-0.25, -0.2) is 0 Å². The van der Waals surface area contributed by atoms with Gasteiger partial charge in [-0.2, -0.15) is 0 Å². The fraction of sp³-hybridized carbons (Fsp3) is 1.00. The molecule has 2 aliphatic rings. The van der Waals surface area contributed by atoms with Crippen molar-refractivity contribution in [2.75, 3.05) is 13.2 Å². The molecule has 2 unspecified atom stereocenters. The van der Waals surface area contributed by atoms with Crippen LogP contribution >= 0.6 is 0 Å². The predicted octanol–water partition coefficient (Wildman–Crippen LogP) is 0.508. The van der Waals surface area contributed by atoms with E-state index >= 15 is 0 Å². The lowest BCUT2D eigenvalue weighted by molar-refractivity contribution is 0.0817. The first-order chi connectivity index (χ1) is 6.81. The third-order valence-corrected chi connectivity index (χ3v) is 3.94. The Hall–Kier alpha value is -0.120. The summed E-state index contributed by atoms with van der Waals surface area (Å²) < 4.78 is 0. The van der Waals surface area contributed by atoms with Crippen LogP contribution in [-0.4, -0.2) is 35.5 Å². The molecule has 1 aliphatic heterocycles. The van der Waals surface area contributed by atoms with E-state index < -0.39 is 0 Å². The molecule has 0 aromatic carbocycles. The molecule has 3 nitrogen and oxygen atoms in total. The maximum atomic E-state index is 9.43. The Balaban J connectivity index is 1.88. The zero-order chi connectivity index (χ0) is 9.97.